The van der Waals surface area contributed by atoms with Crippen molar-refractivity contribution in [2.75, 3.05) is 11.9 Å². The number of alkyl halides is 3. The van der Waals surface area contributed by atoms with Crippen LogP contribution in [0.25, 0.3) is 11.1 Å². The van der Waals surface area contributed by atoms with Crippen LogP contribution in [0.1, 0.15) is 11.4 Å². The molecule has 3 N–H and O–H groups in total. The number of ether oxygens (including phenoxy) is 2. The van der Waals surface area contributed by atoms with Crippen LogP contribution in [0.4, 0.5) is 18.9 Å². The number of benzene rings is 2. The summed E-state index contributed by atoms with van der Waals surface area (Å²) in [6.07, 6.45) is -5.76. The van der Waals surface area contributed by atoms with E-state index in [9.17, 15) is 18.0 Å². The zero-order valence-corrected chi connectivity index (χ0v) is 17.6. The summed E-state index contributed by atoms with van der Waals surface area (Å²) in [6.45, 7) is 4.14. The second-order valence-electron chi connectivity index (χ2n) is 7.04. The third kappa shape index (κ3) is 5.82. The number of hydrogen-bond donors (Lipinski definition) is 3. The molecule has 4 rings (SSSR count). The molecule has 2 heterocycles. The molecule has 0 radical (unpaired) electrons. The van der Waals surface area contributed by atoms with Gasteiger partial charge in [0, 0.05) is 16.9 Å². The number of halogens is 3. The van der Waals surface area contributed by atoms with E-state index in [1.54, 1.807) is 6.07 Å². The molecule has 0 spiro atoms. The quantitative estimate of drug-likeness (QED) is 0.539. The Kier molecular flexibility index (Phi) is 6.90. The fourth-order valence-electron chi connectivity index (χ4n) is 3.07. The largest absolute Gasteiger partial charge is 0.490 e. The van der Waals surface area contributed by atoms with Crippen LogP contribution in [0.2, 0.25) is 0 Å². The van der Waals surface area contributed by atoms with E-state index in [1.165, 1.54) is 0 Å². The Morgan fingerprint density at radius 1 is 1.09 bits per heavy atom. The van der Waals surface area contributed by atoms with Crippen LogP contribution in [0.5, 0.6) is 11.5 Å². The van der Waals surface area contributed by atoms with Gasteiger partial charge in [0.1, 0.15) is 6.61 Å². The number of para-hydroxylation sites is 2. The van der Waals surface area contributed by atoms with Crippen molar-refractivity contribution in [1.29, 1.82) is 0 Å². The summed E-state index contributed by atoms with van der Waals surface area (Å²) in [5.74, 6) is -1.75. The molecule has 0 bridgehead atoms. The number of aromatic amines is 1. The molecule has 0 aliphatic carbocycles. The molecule has 1 aromatic heterocycles. The zero-order chi connectivity index (χ0) is 24.2. The molecule has 11 heteroatoms. The zero-order valence-electron chi connectivity index (χ0n) is 17.6. The van der Waals surface area contributed by atoms with Gasteiger partial charge in [0.05, 0.1) is 5.69 Å². The predicted octanol–water partition coefficient (Wildman–Crippen LogP) is 4.11. The lowest BCUT2D eigenvalue weighted by atomic mass is 10.0. The lowest BCUT2D eigenvalue weighted by molar-refractivity contribution is -0.192. The maximum absolute atomic E-state index is 12.5. The molecular weight excluding hydrogens is 443 g/mol. The SMILES string of the molecule is Cc1n[nH]c(C)c1-c1ccc(NC(=O)[C@H]2COc3ccccc3O2)cc1.O=C(O)C(F)(F)F. The van der Waals surface area contributed by atoms with E-state index >= 15 is 0 Å². The molecule has 3 aromatic rings. The van der Waals surface area contributed by atoms with Gasteiger partial charge >= 0.3 is 12.1 Å². The molecule has 1 aliphatic heterocycles. The Bertz CT molecular complexity index is 1120. The summed E-state index contributed by atoms with van der Waals surface area (Å²) in [5.41, 5.74) is 4.82. The maximum Gasteiger partial charge on any atom is 0.490 e. The van der Waals surface area contributed by atoms with E-state index in [4.69, 9.17) is 19.4 Å². The topological polar surface area (TPSA) is 114 Å². The average molecular weight is 463 g/mol. The second-order valence-corrected chi connectivity index (χ2v) is 7.04. The second kappa shape index (κ2) is 9.63. The highest BCUT2D eigenvalue weighted by molar-refractivity contribution is 5.95. The van der Waals surface area contributed by atoms with Crippen molar-refractivity contribution in [3.05, 3.63) is 59.9 Å². The lowest BCUT2D eigenvalue weighted by Crippen LogP contribution is -2.40. The number of aromatic nitrogens is 2. The molecule has 0 saturated carbocycles. The van der Waals surface area contributed by atoms with Gasteiger partial charge in [-0.3, -0.25) is 9.89 Å². The van der Waals surface area contributed by atoms with Crippen molar-refractivity contribution >= 4 is 17.6 Å². The summed E-state index contributed by atoms with van der Waals surface area (Å²) >= 11 is 0. The fourth-order valence-corrected chi connectivity index (χ4v) is 3.07. The summed E-state index contributed by atoms with van der Waals surface area (Å²) < 4.78 is 43.1. The van der Waals surface area contributed by atoms with E-state index in [0.717, 1.165) is 22.5 Å². The normalized spacial score (nSPS) is 14.6. The number of aliphatic carboxylic acids is 1. The summed E-state index contributed by atoms with van der Waals surface area (Å²) in [4.78, 5) is 21.4. The van der Waals surface area contributed by atoms with Gasteiger partial charge in [0.25, 0.3) is 5.91 Å². The molecule has 174 valence electrons. The summed E-state index contributed by atoms with van der Waals surface area (Å²) in [5, 5.41) is 17.2. The Morgan fingerprint density at radius 2 is 1.70 bits per heavy atom. The van der Waals surface area contributed by atoms with Crippen molar-refractivity contribution in [1.82, 2.24) is 10.2 Å². The first-order valence-electron chi connectivity index (χ1n) is 9.67. The number of carbonyl (C=O) groups is 2. The third-order valence-corrected chi connectivity index (χ3v) is 4.61. The molecule has 1 amide bonds. The molecule has 0 unspecified atom stereocenters. The van der Waals surface area contributed by atoms with E-state index in [1.807, 2.05) is 56.3 Å². The number of carbonyl (C=O) groups excluding carboxylic acids is 1. The highest BCUT2D eigenvalue weighted by Crippen LogP contribution is 2.31. The van der Waals surface area contributed by atoms with E-state index in [0.29, 0.717) is 17.2 Å². The van der Waals surface area contributed by atoms with Crippen molar-refractivity contribution in [2.24, 2.45) is 0 Å². The van der Waals surface area contributed by atoms with Crippen LogP contribution >= 0.6 is 0 Å². The Balaban J connectivity index is 0.000000383. The van der Waals surface area contributed by atoms with Crippen LogP contribution in [0.3, 0.4) is 0 Å². The van der Waals surface area contributed by atoms with Crippen molar-refractivity contribution in [2.45, 2.75) is 26.1 Å². The van der Waals surface area contributed by atoms with Crippen molar-refractivity contribution < 1.29 is 37.3 Å². The minimum absolute atomic E-state index is 0.189. The number of aryl methyl sites for hydroxylation is 2. The highest BCUT2D eigenvalue weighted by atomic mass is 19.4. The van der Waals surface area contributed by atoms with Gasteiger partial charge in [-0.15, -0.1) is 0 Å². The monoisotopic (exact) mass is 463 g/mol. The molecule has 1 aliphatic rings. The predicted molar refractivity (Wildman–Crippen MR) is 112 cm³/mol. The van der Waals surface area contributed by atoms with E-state index < -0.39 is 18.2 Å². The molecule has 8 nitrogen and oxygen atoms in total. The smallest absolute Gasteiger partial charge is 0.485 e. The molecule has 33 heavy (non-hydrogen) atoms. The number of rotatable bonds is 3. The standard InChI is InChI=1S/C20H19N3O3.C2HF3O2/c1-12-19(13(2)23-22-12)14-7-9-15(10-8-14)21-20(24)18-11-25-16-5-3-4-6-17(16)26-18;3-2(4,5)1(6)7/h3-10,18H,11H2,1-2H3,(H,21,24)(H,22,23);(H,6,7)/t18-;/m1./s1. The number of nitrogens with zero attached hydrogens (tertiary/aromatic N) is 1. The van der Waals surface area contributed by atoms with Gasteiger partial charge in [-0.25, -0.2) is 4.79 Å². The van der Waals surface area contributed by atoms with Gasteiger partial charge in [-0.05, 0) is 43.7 Å². The number of nitrogens with one attached hydrogen (secondary N) is 2. The van der Waals surface area contributed by atoms with Crippen molar-refractivity contribution in [3.8, 4) is 22.6 Å². The molecule has 0 saturated heterocycles. The number of carboxylic acids is 1. The minimum atomic E-state index is -5.08. The Labute approximate surface area is 186 Å². The summed E-state index contributed by atoms with van der Waals surface area (Å²) in [6, 6.07) is 15.0. The van der Waals surface area contributed by atoms with Crippen LogP contribution in [0, 0.1) is 13.8 Å². The fraction of sp³-hybridized carbons (Fsp3) is 0.227. The average Bonchev–Trinajstić information content (AvgIpc) is 3.11. The van der Waals surface area contributed by atoms with Crippen LogP contribution in [0.15, 0.2) is 48.5 Å². The maximum atomic E-state index is 12.5. The minimum Gasteiger partial charge on any atom is -0.485 e. The van der Waals surface area contributed by atoms with Gasteiger partial charge in [-0.2, -0.15) is 18.3 Å². The molecule has 0 fully saturated rings. The number of H-pyrrole nitrogens is 1. The number of amides is 1. The van der Waals surface area contributed by atoms with Crippen molar-refractivity contribution in [3.63, 3.8) is 0 Å². The number of hydrogen-bond acceptors (Lipinski definition) is 5. The van der Waals surface area contributed by atoms with Crippen LogP contribution in [-0.4, -0.2) is 46.1 Å². The third-order valence-electron chi connectivity index (χ3n) is 4.61. The Hall–Kier alpha value is -4.02. The number of anilines is 1. The van der Waals surface area contributed by atoms with Gasteiger partial charge in [0.15, 0.2) is 11.5 Å². The number of fused-ring (bicyclic) bond motifs is 1. The molecular formula is C22H20F3N3O5. The van der Waals surface area contributed by atoms with Gasteiger partial charge in [0.2, 0.25) is 6.10 Å². The van der Waals surface area contributed by atoms with Crippen LogP contribution < -0.4 is 14.8 Å². The van der Waals surface area contributed by atoms with Gasteiger partial charge in [-0.1, -0.05) is 24.3 Å². The summed E-state index contributed by atoms with van der Waals surface area (Å²) in [7, 11) is 0. The molecule has 2 aromatic carbocycles. The lowest BCUT2D eigenvalue weighted by Gasteiger charge is -2.25. The molecule has 1 atom stereocenters. The van der Waals surface area contributed by atoms with Crippen LogP contribution in [-0.2, 0) is 9.59 Å². The first-order valence-corrected chi connectivity index (χ1v) is 9.67. The first-order chi connectivity index (χ1) is 15.6. The van der Waals surface area contributed by atoms with E-state index in [-0.39, 0.29) is 12.5 Å². The highest BCUT2D eigenvalue weighted by Gasteiger charge is 2.38. The number of carboxylic acid groups (broad SMARTS) is 1. The Morgan fingerprint density at radius 3 is 2.24 bits per heavy atom. The first kappa shape index (κ1) is 23.6. The van der Waals surface area contributed by atoms with E-state index in [2.05, 4.69) is 15.5 Å². The van der Waals surface area contributed by atoms with Gasteiger partial charge < -0.3 is 19.9 Å².